The molecule has 0 saturated carbocycles. The molecule has 0 spiro atoms. The summed E-state index contributed by atoms with van der Waals surface area (Å²) in [6.45, 7) is 0.256. The lowest BCUT2D eigenvalue weighted by atomic mass is 10.0. The van der Waals surface area contributed by atoms with Crippen LogP contribution in [0.5, 0.6) is 0 Å². The van der Waals surface area contributed by atoms with Crippen LogP contribution in [0, 0.1) is 11.3 Å². The molecule has 0 aliphatic carbocycles. The molecule has 1 N–H and O–H groups in total. The van der Waals surface area contributed by atoms with E-state index in [0.29, 0.717) is 5.56 Å². The highest BCUT2D eigenvalue weighted by Crippen LogP contribution is 2.29. The lowest BCUT2D eigenvalue weighted by molar-refractivity contribution is -0.140. The molecular weight excluding hydrogens is 229 g/mol. The topological polar surface area (TPSA) is 35.8 Å². The molecule has 0 radical (unpaired) electrons. The Balaban J connectivity index is 2.69. The summed E-state index contributed by atoms with van der Waals surface area (Å²) in [6.07, 6.45) is -4.95. The van der Waals surface area contributed by atoms with Crippen molar-refractivity contribution in [2.45, 2.75) is 25.1 Å². The van der Waals surface area contributed by atoms with Gasteiger partial charge in [0, 0.05) is 19.0 Å². The summed E-state index contributed by atoms with van der Waals surface area (Å²) >= 11 is 0. The third kappa shape index (κ3) is 5.36. The van der Waals surface area contributed by atoms with Crippen molar-refractivity contribution in [3.63, 3.8) is 0 Å². The number of nitrogens with one attached hydrogen (secondary N) is 1. The van der Waals surface area contributed by atoms with E-state index >= 15 is 0 Å². The van der Waals surface area contributed by atoms with Gasteiger partial charge in [-0.3, -0.25) is 0 Å². The number of hydrogen-bond donors (Lipinski definition) is 1. The lowest BCUT2D eigenvalue weighted by Gasteiger charge is -2.20. The number of nitrogens with zero attached hydrogens (tertiary/aromatic N) is 1. The molecular formula is C12H13F3N2. The molecule has 0 aromatic heterocycles. The fraction of sp³-hybridized carbons (Fsp3) is 0.417. The smallest absolute Gasteiger partial charge is 0.309 e. The van der Waals surface area contributed by atoms with Crippen LogP contribution in [-0.4, -0.2) is 12.7 Å². The summed E-state index contributed by atoms with van der Waals surface area (Å²) in [5, 5.41) is 11.1. The van der Waals surface area contributed by atoms with Crippen molar-refractivity contribution >= 4 is 0 Å². The summed E-state index contributed by atoms with van der Waals surface area (Å²) in [5.74, 6) is 0. The zero-order valence-electron chi connectivity index (χ0n) is 9.17. The van der Waals surface area contributed by atoms with Crippen LogP contribution in [0.15, 0.2) is 30.3 Å². The highest BCUT2D eigenvalue weighted by Gasteiger charge is 2.32. The SMILES string of the molecule is N#CCCNC(CC(F)(F)F)c1ccccc1. The number of benzene rings is 1. The quantitative estimate of drug-likeness (QED) is 0.805. The second-order valence-corrected chi connectivity index (χ2v) is 3.64. The minimum Gasteiger partial charge on any atom is -0.309 e. The van der Waals surface area contributed by atoms with Crippen molar-refractivity contribution in [1.29, 1.82) is 5.26 Å². The molecule has 1 atom stereocenters. The highest BCUT2D eigenvalue weighted by atomic mass is 19.4. The molecule has 0 bridgehead atoms. The van der Waals surface area contributed by atoms with Crippen LogP contribution in [0.25, 0.3) is 0 Å². The third-order valence-electron chi connectivity index (χ3n) is 2.27. The normalized spacial score (nSPS) is 13.1. The van der Waals surface area contributed by atoms with E-state index in [1.165, 1.54) is 0 Å². The van der Waals surface area contributed by atoms with Gasteiger partial charge in [0.25, 0.3) is 0 Å². The van der Waals surface area contributed by atoms with Gasteiger partial charge >= 0.3 is 6.18 Å². The van der Waals surface area contributed by atoms with Crippen LogP contribution in [0.4, 0.5) is 13.2 Å². The molecule has 92 valence electrons. The zero-order chi connectivity index (χ0) is 12.7. The second kappa shape index (κ2) is 6.26. The minimum absolute atomic E-state index is 0.196. The monoisotopic (exact) mass is 242 g/mol. The molecule has 5 heteroatoms. The maximum absolute atomic E-state index is 12.4. The average Bonchev–Trinajstić information content (AvgIpc) is 2.28. The standard InChI is InChI=1S/C12H13F3N2/c13-12(14,15)9-11(17-8-4-7-16)10-5-2-1-3-6-10/h1-3,5-6,11,17H,4,8-9H2. The van der Waals surface area contributed by atoms with Crippen LogP contribution in [-0.2, 0) is 0 Å². The minimum atomic E-state index is -4.22. The molecule has 0 saturated heterocycles. The van der Waals surface area contributed by atoms with Gasteiger partial charge in [-0.15, -0.1) is 0 Å². The van der Waals surface area contributed by atoms with E-state index in [1.54, 1.807) is 30.3 Å². The molecule has 0 heterocycles. The Kier molecular flexibility index (Phi) is 4.98. The summed E-state index contributed by atoms with van der Waals surface area (Å²) in [7, 11) is 0. The van der Waals surface area contributed by atoms with Gasteiger partial charge < -0.3 is 5.32 Å². The van der Waals surface area contributed by atoms with Crippen molar-refractivity contribution in [2.75, 3.05) is 6.54 Å². The summed E-state index contributed by atoms with van der Waals surface area (Å²) in [6, 6.07) is 9.55. The van der Waals surface area contributed by atoms with E-state index in [4.69, 9.17) is 5.26 Å². The summed E-state index contributed by atoms with van der Waals surface area (Å²) < 4.78 is 37.2. The first-order chi connectivity index (χ1) is 8.03. The zero-order valence-corrected chi connectivity index (χ0v) is 9.17. The van der Waals surface area contributed by atoms with Gasteiger partial charge in [-0.05, 0) is 5.56 Å². The van der Waals surface area contributed by atoms with E-state index in [2.05, 4.69) is 5.32 Å². The van der Waals surface area contributed by atoms with Crippen LogP contribution < -0.4 is 5.32 Å². The number of halogens is 3. The molecule has 0 fully saturated rings. The van der Waals surface area contributed by atoms with Crippen molar-refractivity contribution in [3.8, 4) is 6.07 Å². The Bertz CT molecular complexity index is 368. The second-order valence-electron chi connectivity index (χ2n) is 3.64. The first-order valence-electron chi connectivity index (χ1n) is 5.25. The molecule has 1 aromatic carbocycles. The number of hydrogen-bond acceptors (Lipinski definition) is 2. The first-order valence-corrected chi connectivity index (χ1v) is 5.25. The average molecular weight is 242 g/mol. The molecule has 0 aliphatic rings. The molecule has 0 aliphatic heterocycles. The number of rotatable bonds is 5. The fourth-order valence-electron chi connectivity index (χ4n) is 1.53. The van der Waals surface area contributed by atoms with E-state index in [9.17, 15) is 13.2 Å². The summed E-state index contributed by atoms with van der Waals surface area (Å²) in [5.41, 5.74) is 0.586. The predicted octanol–water partition coefficient (Wildman–Crippen LogP) is 3.18. The Hall–Kier alpha value is -1.54. The van der Waals surface area contributed by atoms with Crippen LogP contribution in [0.3, 0.4) is 0 Å². The third-order valence-corrected chi connectivity index (χ3v) is 2.27. The maximum Gasteiger partial charge on any atom is 0.390 e. The maximum atomic E-state index is 12.4. The molecule has 1 rings (SSSR count). The molecule has 2 nitrogen and oxygen atoms in total. The van der Waals surface area contributed by atoms with Crippen molar-refractivity contribution < 1.29 is 13.2 Å². The van der Waals surface area contributed by atoms with Crippen LogP contribution >= 0.6 is 0 Å². The summed E-state index contributed by atoms with van der Waals surface area (Å²) in [4.78, 5) is 0. The van der Waals surface area contributed by atoms with Gasteiger partial charge in [0.1, 0.15) is 0 Å². The highest BCUT2D eigenvalue weighted by molar-refractivity contribution is 5.19. The Labute approximate surface area is 98.1 Å². The Morgan fingerprint density at radius 3 is 2.41 bits per heavy atom. The fourth-order valence-corrected chi connectivity index (χ4v) is 1.53. The van der Waals surface area contributed by atoms with Gasteiger partial charge in [0.15, 0.2) is 0 Å². The van der Waals surface area contributed by atoms with E-state index in [-0.39, 0.29) is 13.0 Å². The number of nitriles is 1. The van der Waals surface area contributed by atoms with Gasteiger partial charge in [0.2, 0.25) is 0 Å². The van der Waals surface area contributed by atoms with Crippen LogP contribution in [0.1, 0.15) is 24.4 Å². The largest absolute Gasteiger partial charge is 0.390 e. The molecule has 17 heavy (non-hydrogen) atoms. The van der Waals surface area contributed by atoms with E-state index in [1.807, 2.05) is 6.07 Å². The number of alkyl halides is 3. The Morgan fingerprint density at radius 2 is 1.88 bits per heavy atom. The molecule has 1 aromatic rings. The van der Waals surface area contributed by atoms with Crippen LogP contribution in [0.2, 0.25) is 0 Å². The van der Waals surface area contributed by atoms with Gasteiger partial charge in [-0.25, -0.2) is 0 Å². The predicted molar refractivity (Wildman–Crippen MR) is 58.1 cm³/mol. The molecule has 0 amide bonds. The Morgan fingerprint density at radius 1 is 1.24 bits per heavy atom. The van der Waals surface area contributed by atoms with E-state index < -0.39 is 18.6 Å². The van der Waals surface area contributed by atoms with Gasteiger partial charge in [-0.2, -0.15) is 18.4 Å². The van der Waals surface area contributed by atoms with Crippen molar-refractivity contribution in [2.24, 2.45) is 0 Å². The lowest BCUT2D eigenvalue weighted by Crippen LogP contribution is -2.27. The first kappa shape index (κ1) is 13.5. The van der Waals surface area contributed by atoms with Crippen molar-refractivity contribution in [1.82, 2.24) is 5.32 Å². The van der Waals surface area contributed by atoms with Gasteiger partial charge in [-0.1, -0.05) is 30.3 Å². The van der Waals surface area contributed by atoms with E-state index in [0.717, 1.165) is 0 Å². The van der Waals surface area contributed by atoms with Gasteiger partial charge in [0.05, 0.1) is 12.5 Å². The van der Waals surface area contributed by atoms with Crippen molar-refractivity contribution in [3.05, 3.63) is 35.9 Å². The molecule has 1 unspecified atom stereocenters.